The lowest BCUT2D eigenvalue weighted by atomic mass is 9.74. The number of Topliss-reactive ketones (excluding diaryl/α,β-unsaturated/α-hetero) is 1. The minimum atomic E-state index is -0.618. The predicted molar refractivity (Wildman–Crippen MR) is 112 cm³/mol. The van der Waals surface area contributed by atoms with Crippen LogP contribution < -0.4 is 11.1 Å². The zero-order valence-electron chi connectivity index (χ0n) is 17.1. The van der Waals surface area contributed by atoms with Crippen molar-refractivity contribution in [2.45, 2.75) is 39.5 Å². The maximum Gasteiger partial charge on any atom is 0.228 e. The Morgan fingerprint density at radius 1 is 1.27 bits per heavy atom. The predicted octanol–water partition coefficient (Wildman–Crippen LogP) is 3.47. The summed E-state index contributed by atoms with van der Waals surface area (Å²) in [7, 11) is 0. The van der Waals surface area contributed by atoms with Gasteiger partial charge in [0.15, 0.2) is 5.78 Å². The summed E-state index contributed by atoms with van der Waals surface area (Å²) in [6.07, 6.45) is 3.64. The van der Waals surface area contributed by atoms with Crippen LogP contribution >= 0.6 is 0 Å². The number of halogens is 1. The quantitative estimate of drug-likeness (QED) is 0.429. The highest BCUT2D eigenvalue weighted by atomic mass is 19.1. The first-order valence-electron chi connectivity index (χ1n) is 9.95. The number of allylic oxidation sites excluding steroid dienone is 2. The molecule has 0 spiro atoms. The Morgan fingerprint density at radius 2 is 1.97 bits per heavy atom. The third-order valence-electron chi connectivity index (χ3n) is 5.52. The second-order valence-corrected chi connectivity index (χ2v) is 7.71. The zero-order valence-corrected chi connectivity index (χ0v) is 17.1. The monoisotopic (exact) mass is 411 g/mol. The number of carbonyl (C=O) groups excluding carboxylic acids is 2. The molecule has 1 aromatic carbocycles. The van der Waals surface area contributed by atoms with Gasteiger partial charge in [0.05, 0.1) is 22.6 Å². The standard InChI is InChI=1S/C22H26FN5O2/c1-12-9-19(28-27-12)14-7-8-17(18(23)10-14)21(29)15-5-3-4-6-16(15)22(30)26-20(11-24)13(2)25/h7-11,15-16,24H,3-6,25H2,1-2H3,(H,26,30)(H,27,28)/b20-13+,24-11?. The Kier molecular flexibility index (Phi) is 6.44. The summed E-state index contributed by atoms with van der Waals surface area (Å²) in [5.74, 6) is -2.55. The van der Waals surface area contributed by atoms with Crippen molar-refractivity contribution in [2.24, 2.45) is 17.6 Å². The van der Waals surface area contributed by atoms with E-state index in [0.717, 1.165) is 24.8 Å². The van der Waals surface area contributed by atoms with Gasteiger partial charge < -0.3 is 16.5 Å². The number of amides is 1. The maximum absolute atomic E-state index is 14.8. The van der Waals surface area contributed by atoms with E-state index in [1.54, 1.807) is 19.1 Å². The van der Waals surface area contributed by atoms with Gasteiger partial charge in [-0.3, -0.25) is 14.7 Å². The molecule has 0 radical (unpaired) electrons. The lowest BCUT2D eigenvalue weighted by Gasteiger charge is -2.30. The number of H-pyrrole nitrogens is 1. The third kappa shape index (κ3) is 4.48. The average Bonchev–Trinajstić information content (AvgIpc) is 3.17. The first-order chi connectivity index (χ1) is 14.3. The minimum absolute atomic E-state index is 0.0162. The second-order valence-electron chi connectivity index (χ2n) is 7.71. The fraction of sp³-hybridized carbons (Fsp3) is 0.364. The van der Waals surface area contributed by atoms with Crippen LogP contribution in [0.5, 0.6) is 0 Å². The Balaban J connectivity index is 1.84. The van der Waals surface area contributed by atoms with Crippen molar-refractivity contribution in [1.29, 1.82) is 5.41 Å². The summed E-state index contributed by atoms with van der Waals surface area (Å²) in [4.78, 5) is 25.9. The number of benzene rings is 1. The topological polar surface area (TPSA) is 125 Å². The maximum atomic E-state index is 14.8. The van der Waals surface area contributed by atoms with Gasteiger partial charge in [0.2, 0.25) is 5.91 Å². The van der Waals surface area contributed by atoms with Gasteiger partial charge in [0.1, 0.15) is 5.82 Å². The van der Waals surface area contributed by atoms with Crippen molar-refractivity contribution in [3.63, 3.8) is 0 Å². The molecule has 30 heavy (non-hydrogen) atoms. The van der Waals surface area contributed by atoms with Crippen molar-refractivity contribution in [3.8, 4) is 11.3 Å². The van der Waals surface area contributed by atoms with Crippen molar-refractivity contribution in [1.82, 2.24) is 15.5 Å². The highest BCUT2D eigenvalue weighted by Crippen LogP contribution is 2.34. The zero-order chi connectivity index (χ0) is 21.8. The lowest BCUT2D eigenvalue weighted by Crippen LogP contribution is -2.40. The SMILES string of the molecule is C/C(N)=C(/C=N)NC(=O)C1CCCCC1C(=O)c1ccc(-c2cc(C)n[nH]2)cc1F. The number of nitrogens with zero attached hydrogens (tertiary/aromatic N) is 1. The largest absolute Gasteiger partial charge is 0.401 e. The molecule has 0 bridgehead atoms. The molecule has 7 nitrogen and oxygen atoms in total. The normalized spacial score (nSPS) is 19.7. The molecule has 1 aliphatic carbocycles. The van der Waals surface area contributed by atoms with E-state index in [1.165, 1.54) is 12.1 Å². The number of rotatable bonds is 6. The molecule has 2 aromatic rings. The first kappa shape index (κ1) is 21.4. The van der Waals surface area contributed by atoms with Crippen molar-refractivity contribution >= 4 is 17.9 Å². The van der Waals surface area contributed by atoms with Crippen LogP contribution in [-0.2, 0) is 4.79 Å². The molecule has 3 rings (SSSR count). The molecule has 1 saturated carbocycles. The lowest BCUT2D eigenvalue weighted by molar-refractivity contribution is -0.126. The number of aryl methyl sites for hydroxylation is 1. The smallest absolute Gasteiger partial charge is 0.228 e. The molecular formula is C22H26FN5O2. The minimum Gasteiger partial charge on any atom is -0.401 e. The van der Waals surface area contributed by atoms with Gasteiger partial charge in [-0.05, 0) is 44.9 Å². The fourth-order valence-corrected chi connectivity index (χ4v) is 3.88. The molecule has 1 amide bonds. The van der Waals surface area contributed by atoms with E-state index in [1.807, 2.05) is 6.92 Å². The van der Waals surface area contributed by atoms with Crippen LogP contribution in [0.1, 0.15) is 48.7 Å². The van der Waals surface area contributed by atoms with E-state index >= 15 is 0 Å². The van der Waals surface area contributed by atoms with Crippen molar-refractivity contribution in [2.75, 3.05) is 0 Å². The highest BCUT2D eigenvalue weighted by Gasteiger charge is 2.37. The molecule has 1 aliphatic rings. The van der Waals surface area contributed by atoms with Gasteiger partial charge in [-0.15, -0.1) is 0 Å². The molecule has 1 fully saturated rings. The number of nitrogens with one attached hydrogen (secondary N) is 3. The second kappa shape index (κ2) is 9.02. The average molecular weight is 411 g/mol. The van der Waals surface area contributed by atoms with E-state index in [0.29, 0.717) is 29.8 Å². The summed E-state index contributed by atoms with van der Waals surface area (Å²) < 4.78 is 14.8. The number of carbonyl (C=O) groups is 2. The van der Waals surface area contributed by atoms with Crippen LogP contribution in [0, 0.1) is 30.0 Å². The molecule has 0 saturated heterocycles. The summed E-state index contributed by atoms with van der Waals surface area (Å²) in [6, 6.07) is 6.26. The third-order valence-corrected chi connectivity index (χ3v) is 5.52. The summed E-state index contributed by atoms with van der Waals surface area (Å²) in [6.45, 7) is 3.41. The number of hydrogen-bond acceptors (Lipinski definition) is 5. The van der Waals surface area contributed by atoms with E-state index in [2.05, 4.69) is 15.5 Å². The first-order valence-corrected chi connectivity index (χ1v) is 9.95. The van der Waals surface area contributed by atoms with Gasteiger partial charge in [-0.25, -0.2) is 4.39 Å². The highest BCUT2D eigenvalue weighted by molar-refractivity contribution is 6.01. The van der Waals surface area contributed by atoms with Crippen LogP contribution in [0.15, 0.2) is 35.7 Å². The van der Waals surface area contributed by atoms with Gasteiger partial charge in [0, 0.05) is 29.3 Å². The molecule has 0 aliphatic heterocycles. The molecule has 1 aromatic heterocycles. The van der Waals surface area contributed by atoms with E-state index < -0.39 is 17.7 Å². The molecule has 5 N–H and O–H groups in total. The Hall–Kier alpha value is -3.29. The van der Waals surface area contributed by atoms with Crippen LogP contribution in [0.25, 0.3) is 11.3 Å². The molecule has 8 heteroatoms. The summed E-state index contributed by atoms with van der Waals surface area (Å²) in [5, 5.41) is 16.9. The van der Waals surface area contributed by atoms with E-state index in [-0.39, 0.29) is 23.0 Å². The summed E-state index contributed by atoms with van der Waals surface area (Å²) in [5.41, 5.74) is 8.24. The number of nitrogens with two attached hydrogens (primary N) is 1. The Labute approximate surface area is 174 Å². The van der Waals surface area contributed by atoms with E-state index in [4.69, 9.17) is 11.1 Å². The van der Waals surface area contributed by atoms with Crippen LogP contribution in [0.3, 0.4) is 0 Å². The molecule has 2 unspecified atom stereocenters. The van der Waals surface area contributed by atoms with Gasteiger partial charge >= 0.3 is 0 Å². The van der Waals surface area contributed by atoms with Crippen LogP contribution in [0.4, 0.5) is 4.39 Å². The molecule has 158 valence electrons. The van der Waals surface area contributed by atoms with Gasteiger partial charge in [0.25, 0.3) is 0 Å². The Morgan fingerprint density at radius 3 is 2.53 bits per heavy atom. The number of aromatic amines is 1. The Bertz CT molecular complexity index is 1010. The molecular weight excluding hydrogens is 385 g/mol. The number of ketones is 1. The molecule has 2 atom stereocenters. The van der Waals surface area contributed by atoms with Crippen LogP contribution in [-0.4, -0.2) is 28.1 Å². The van der Waals surface area contributed by atoms with Crippen LogP contribution in [0.2, 0.25) is 0 Å². The molecule has 1 heterocycles. The van der Waals surface area contributed by atoms with Gasteiger partial charge in [-0.2, -0.15) is 5.10 Å². The number of aromatic nitrogens is 2. The fourth-order valence-electron chi connectivity index (χ4n) is 3.88. The number of hydrogen-bond donors (Lipinski definition) is 4. The van der Waals surface area contributed by atoms with Crippen molar-refractivity contribution < 1.29 is 14.0 Å². The van der Waals surface area contributed by atoms with Crippen molar-refractivity contribution in [3.05, 3.63) is 52.7 Å². The van der Waals surface area contributed by atoms with E-state index in [9.17, 15) is 14.0 Å². The van der Waals surface area contributed by atoms with Gasteiger partial charge in [-0.1, -0.05) is 18.9 Å². The summed E-state index contributed by atoms with van der Waals surface area (Å²) >= 11 is 0.